The van der Waals surface area contributed by atoms with Crippen LogP contribution >= 0.6 is 0 Å². The van der Waals surface area contributed by atoms with Crippen molar-refractivity contribution in [2.75, 3.05) is 6.61 Å². The first kappa shape index (κ1) is 12.6. The Labute approximate surface area is 105 Å². The van der Waals surface area contributed by atoms with Gasteiger partial charge in [0.15, 0.2) is 6.61 Å². The van der Waals surface area contributed by atoms with E-state index < -0.39 is 0 Å². The van der Waals surface area contributed by atoms with E-state index in [2.05, 4.69) is 10.2 Å². The van der Waals surface area contributed by atoms with E-state index >= 15 is 0 Å². The van der Waals surface area contributed by atoms with Gasteiger partial charge in [-0.3, -0.25) is 0 Å². The molecular weight excluding hydrogens is 232 g/mol. The van der Waals surface area contributed by atoms with Crippen LogP contribution < -0.4 is 4.74 Å². The monoisotopic (exact) mass is 248 g/mol. The first-order valence-electron chi connectivity index (χ1n) is 5.82. The van der Waals surface area contributed by atoms with Crippen molar-refractivity contribution in [3.8, 4) is 5.75 Å². The Balaban J connectivity index is 2.02. The maximum Gasteiger partial charge on any atom is 0.253 e. The van der Waals surface area contributed by atoms with Crippen LogP contribution in [-0.4, -0.2) is 21.9 Å². The molecule has 0 aliphatic carbocycles. The number of aliphatic hydroxyl groups excluding tert-OH is 1. The van der Waals surface area contributed by atoms with Crippen LogP contribution in [0.2, 0.25) is 0 Å². The van der Waals surface area contributed by atoms with E-state index in [1.165, 1.54) is 0 Å². The van der Waals surface area contributed by atoms with Gasteiger partial charge in [-0.15, -0.1) is 10.2 Å². The third kappa shape index (κ3) is 2.87. The van der Waals surface area contributed by atoms with Crippen LogP contribution in [0.3, 0.4) is 0 Å². The Morgan fingerprint density at radius 1 is 1.17 bits per heavy atom. The van der Waals surface area contributed by atoms with Crippen LogP contribution in [0.5, 0.6) is 5.75 Å². The van der Waals surface area contributed by atoms with E-state index in [0.29, 0.717) is 18.2 Å². The maximum absolute atomic E-state index is 8.75. The first-order valence-corrected chi connectivity index (χ1v) is 5.82. The zero-order valence-corrected chi connectivity index (χ0v) is 10.5. The highest BCUT2D eigenvalue weighted by Gasteiger charge is 2.08. The van der Waals surface area contributed by atoms with Crippen LogP contribution in [0.25, 0.3) is 0 Å². The SMILES string of the molecule is Cc1cccc(C)c1OCc1nnc(CCO)o1. The number of benzene rings is 1. The Morgan fingerprint density at radius 2 is 1.83 bits per heavy atom. The van der Waals surface area contributed by atoms with Gasteiger partial charge in [-0.25, -0.2) is 0 Å². The lowest BCUT2D eigenvalue weighted by atomic mass is 10.1. The molecule has 1 heterocycles. The first-order chi connectivity index (χ1) is 8.70. The summed E-state index contributed by atoms with van der Waals surface area (Å²) in [6.07, 6.45) is 0.371. The molecule has 1 aromatic carbocycles. The number of aliphatic hydroxyl groups is 1. The van der Waals surface area contributed by atoms with Crippen molar-refractivity contribution in [2.24, 2.45) is 0 Å². The van der Waals surface area contributed by atoms with Gasteiger partial charge in [0.1, 0.15) is 5.75 Å². The van der Waals surface area contributed by atoms with Crippen LogP contribution in [0, 0.1) is 13.8 Å². The molecule has 96 valence electrons. The second kappa shape index (κ2) is 5.64. The molecule has 1 aromatic heterocycles. The third-order valence-electron chi connectivity index (χ3n) is 2.58. The minimum atomic E-state index is -0.000603. The molecule has 0 amide bonds. The molecule has 0 bridgehead atoms. The number of aryl methyl sites for hydroxylation is 2. The number of ether oxygens (including phenoxy) is 1. The summed E-state index contributed by atoms with van der Waals surface area (Å²) in [5, 5.41) is 16.4. The average Bonchev–Trinajstić information content (AvgIpc) is 2.77. The van der Waals surface area contributed by atoms with Crippen molar-refractivity contribution in [2.45, 2.75) is 26.9 Å². The van der Waals surface area contributed by atoms with Gasteiger partial charge in [0.05, 0.1) is 6.61 Å². The zero-order valence-electron chi connectivity index (χ0n) is 10.5. The molecule has 0 unspecified atom stereocenters. The number of aromatic nitrogens is 2. The second-order valence-corrected chi connectivity index (χ2v) is 4.07. The highest BCUT2D eigenvalue weighted by atomic mass is 16.5. The van der Waals surface area contributed by atoms with Gasteiger partial charge in [0.25, 0.3) is 5.89 Å². The van der Waals surface area contributed by atoms with E-state index in [4.69, 9.17) is 14.3 Å². The number of rotatable bonds is 5. The fourth-order valence-electron chi connectivity index (χ4n) is 1.70. The lowest BCUT2D eigenvalue weighted by Crippen LogP contribution is -1.99. The van der Waals surface area contributed by atoms with Gasteiger partial charge in [-0.2, -0.15) is 0 Å². The molecule has 0 saturated carbocycles. The van der Waals surface area contributed by atoms with Crippen LogP contribution in [0.15, 0.2) is 22.6 Å². The predicted molar refractivity (Wildman–Crippen MR) is 65.3 cm³/mol. The maximum atomic E-state index is 8.75. The van der Waals surface area contributed by atoms with Crippen molar-refractivity contribution in [1.82, 2.24) is 10.2 Å². The molecule has 18 heavy (non-hydrogen) atoms. The van der Waals surface area contributed by atoms with E-state index in [-0.39, 0.29) is 13.2 Å². The summed E-state index contributed by atoms with van der Waals surface area (Å²) in [4.78, 5) is 0. The molecule has 2 rings (SSSR count). The van der Waals surface area contributed by atoms with E-state index in [9.17, 15) is 0 Å². The van der Waals surface area contributed by atoms with Crippen LogP contribution in [0.4, 0.5) is 0 Å². The summed E-state index contributed by atoms with van der Waals surface area (Å²) in [5.74, 6) is 1.69. The van der Waals surface area contributed by atoms with Crippen LogP contribution in [-0.2, 0) is 13.0 Å². The summed E-state index contributed by atoms with van der Waals surface area (Å²) < 4.78 is 11.0. The molecule has 5 nitrogen and oxygen atoms in total. The van der Waals surface area contributed by atoms with Gasteiger partial charge < -0.3 is 14.3 Å². The molecule has 0 fully saturated rings. The van der Waals surface area contributed by atoms with Crippen molar-refractivity contribution < 1.29 is 14.3 Å². The molecular formula is C13H16N2O3. The molecule has 0 aliphatic rings. The van der Waals surface area contributed by atoms with E-state index in [1.807, 2.05) is 32.0 Å². The van der Waals surface area contributed by atoms with Crippen LogP contribution in [0.1, 0.15) is 22.9 Å². The number of hydrogen-bond acceptors (Lipinski definition) is 5. The standard InChI is InChI=1S/C13H16N2O3/c1-9-4-3-5-10(2)13(9)17-8-12-15-14-11(18-12)6-7-16/h3-5,16H,6-8H2,1-2H3. The Hall–Kier alpha value is -1.88. The molecule has 1 N–H and O–H groups in total. The lowest BCUT2D eigenvalue weighted by Gasteiger charge is -2.09. The summed E-state index contributed by atoms with van der Waals surface area (Å²) in [5.41, 5.74) is 2.15. The molecule has 5 heteroatoms. The second-order valence-electron chi connectivity index (χ2n) is 4.07. The van der Waals surface area contributed by atoms with Gasteiger partial charge in [0, 0.05) is 6.42 Å². The minimum absolute atomic E-state index is 0.000603. The van der Waals surface area contributed by atoms with Gasteiger partial charge in [0.2, 0.25) is 5.89 Å². The zero-order chi connectivity index (χ0) is 13.0. The molecule has 2 aromatic rings. The number of nitrogens with zero attached hydrogens (tertiary/aromatic N) is 2. The van der Waals surface area contributed by atoms with E-state index in [0.717, 1.165) is 16.9 Å². The predicted octanol–water partition coefficient (Wildman–Crippen LogP) is 1.80. The quantitative estimate of drug-likeness (QED) is 0.873. The van der Waals surface area contributed by atoms with Gasteiger partial charge in [-0.1, -0.05) is 18.2 Å². The lowest BCUT2D eigenvalue weighted by molar-refractivity contribution is 0.247. The molecule has 0 atom stereocenters. The summed E-state index contributed by atoms with van der Waals surface area (Å²) in [6.45, 7) is 4.23. The van der Waals surface area contributed by atoms with Crippen molar-refractivity contribution >= 4 is 0 Å². The van der Waals surface area contributed by atoms with Crippen molar-refractivity contribution in [1.29, 1.82) is 0 Å². The highest BCUT2D eigenvalue weighted by Crippen LogP contribution is 2.23. The molecule has 0 spiro atoms. The number of hydrogen-bond donors (Lipinski definition) is 1. The number of para-hydroxylation sites is 1. The Kier molecular flexibility index (Phi) is 3.94. The summed E-state index contributed by atoms with van der Waals surface area (Å²) >= 11 is 0. The molecule has 0 saturated heterocycles. The fourth-order valence-corrected chi connectivity index (χ4v) is 1.70. The smallest absolute Gasteiger partial charge is 0.253 e. The molecule has 0 radical (unpaired) electrons. The average molecular weight is 248 g/mol. The Bertz CT molecular complexity index is 502. The van der Waals surface area contributed by atoms with E-state index in [1.54, 1.807) is 0 Å². The summed E-state index contributed by atoms with van der Waals surface area (Å²) in [7, 11) is 0. The molecule has 0 aliphatic heterocycles. The normalized spacial score (nSPS) is 10.6. The fraction of sp³-hybridized carbons (Fsp3) is 0.385. The summed E-state index contributed by atoms with van der Waals surface area (Å²) in [6, 6.07) is 5.98. The van der Waals surface area contributed by atoms with Crippen molar-refractivity contribution in [3.63, 3.8) is 0 Å². The largest absolute Gasteiger partial charge is 0.483 e. The highest BCUT2D eigenvalue weighted by molar-refractivity contribution is 5.39. The van der Waals surface area contributed by atoms with Crippen molar-refractivity contribution in [3.05, 3.63) is 41.1 Å². The topological polar surface area (TPSA) is 68.4 Å². The third-order valence-corrected chi connectivity index (χ3v) is 2.58. The Morgan fingerprint density at radius 3 is 2.50 bits per heavy atom. The van der Waals surface area contributed by atoms with Gasteiger partial charge >= 0.3 is 0 Å². The van der Waals surface area contributed by atoms with Gasteiger partial charge in [-0.05, 0) is 25.0 Å². The minimum Gasteiger partial charge on any atom is -0.483 e.